The zero-order valence-electron chi connectivity index (χ0n) is 14.8. The van der Waals surface area contributed by atoms with Gasteiger partial charge in [-0.1, -0.05) is 12.1 Å². The van der Waals surface area contributed by atoms with Gasteiger partial charge in [0.2, 0.25) is 5.91 Å². The molecule has 0 atom stereocenters. The average Bonchev–Trinajstić information content (AvgIpc) is 3.00. The number of carbonyl (C=O) groups is 3. The molecule has 1 saturated heterocycles. The van der Waals surface area contributed by atoms with E-state index in [0.717, 1.165) is 23.2 Å². The van der Waals surface area contributed by atoms with Crippen LogP contribution >= 0.6 is 0 Å². The van der Waals surface area contributed by atoms with Crippen molar-refractivity contribution in [2.24, 2.45) is 0 Å². The van der Waals surface area contributed by atoms with Gasteiger partial charge in [-0.3, -0.25) is 14.4 Å². The minimum Gasteiger partial charge on any atom is -0.318 e. The molecule has 0 radical (unpaired) electrons. The second kappa shape index (κ2) is 7.39. The highest BCUT2D eigenvalue weighted by Crippen LogP contribution is 2.24. The van der Waals surface area contributed by atoms with Crippen LogP contribution in [0.15, 0.2) is 42.5 Å². The van der Waals surface area contributed by atoms with Crippen LogP contribution in [0.4, 0.5) is 17.1 Å². The summed E-state index contributed by atoms with van der Waals surface area (Å²) in [5, 5.41) is 5.19. The first kappa shape index (κ1) is 17.7. The van der Waals surface area contributed by atoms with Gasteiger partial charge in [0.1, 0.15) is 0 Å². The van der Waals surface area contributed by atoms with E-state index in [1.54, 1.807) is 35.2 Å². The van der Waals surface area contributed by atoms with Crippen molar-refractivity contribution >= 4 is 34.8 Å². The van der Waals surface area contributed by atoms with Crippen molar-refractivity contribution in [1.29, 1.82) is 0 Å². The van der Waals surface area contributed by atoms with Gasteiger partial charge < -0.3 is 15.5 Å². The molecular weight excluding hydrogens is 330 g/mol. The van der Waals surface area contributed by atoms with Crippen LogP contribution in [0.3, 0.4) is 0 Å². The number of nitrogens with zero attached hydrogens (tertiary/aromatic N) is 1. The fraction of sp³-hybridized carbons (Fsp3) is 0.250. The van der Waals surface area contributed by atoms with E-state index < -0.39 is 11.8 Å². The Balaban J connectivity index is 1.67. The number of aryl methyl sites for hydroxylation is 2. The van der Waals surface area contributed by atoms with Crippen molar-refractivity contribution in [3.63, 3.8) is 0 Å². The lowest BCUT2D eigenvalue weighted by atomic mass is 10.1. The number of hydrogen-bond donors (Lipinski definition) is 2. The summed E-state index contributed by atoms with van der Waals surface area (Å²) in [4.78, 5) is 37.9. The first-order chi connectivity index (χ1) is 12.4. The summed E-state index contributed by atoms with van der Waals surface area (Å²) in [6, 6.07) is 12.5. The fourth-order valence-corrected chi connectivity index (χ4v) is 3.10. The van der Waals surface area contributed by atoms with Gasteiger partial charge in [-0.05, 0) is 61.7 Å². The van der Waals surface area contributed by atoms with E-state index in [1.807, 2.05) is 26.0 Å². The van der Waals surface area contributed by atoms with Crippen molar-refractivity contribution in [3.8, 4) is 0 Å². The molecule has 1 heterocycles. The highest BCUT2D eigenvalue weighted by Gasteiger charge is 2.22. The molecule has 0 bridgehead atoms. The van der Waals surface area contributed by atoms with Gasteiger partial charge in [-0.15, -0.1) is 0 Å². The molecule has 0 aromatic heterocycles. The molecule has 0 spiro atoms. The quantitative estimate of drug-likeness (QED) is 0.835. The largest absolute Gasteiger partial charge is 0.318 e. The van der Waals surface area contributed by atoms with Gasteiger partial charge >= 0.3 is 11.8 Å². The van der Waals surface area contributed by atoms with E-state index in [1.165, 1.54) is 0 Å². The Morgan fingerprint density at radius 1 is 0.923 bits per heavy atom. The number of rotatable bonds is 3. The van der Waals surface area contributed by atoms with Crippen molar-refractivity contribution in [2.75, 3.05) is 22.1 Å². The molecule has 3 amide bonds. The lowest BCUT2D eigenvalue weighted by Crippen LogP contribution is -2.29. The second-order valence-electron chi connectivity index (χ2n) is 6.48. The predicted molar refractivity (Wildman–Crippen MR) is 101 cm³/mol. The second-order valence-corrected chi connectivity index (χ2v) is 6.48. The molecule has 1 aliphatic rings. The Labute approximate surface area is 152 Å². The van der Waals surface area contributed by atoms with E-state index in [9.17, 15) is 14.4 Å². The summed E-state index contributed by atoms with van der Waals surface area (Å²) < 4.78 is 0. The lowest BCUT2D eigenvalue weighted by molar-refractivity contribution is -0.132. The SMILES string of the molecule is Cc1cc(C)cc(NC(=O)C(=O)Nc2cccc(N3CCCC3=O)c2)c1. The van der Waals surface area contributed by atoms with E-state index in [-0.39, 0.29) is 5.91 Å². The maximum atomic E-state index is 12.2. The van der Waals surface area contributed by atoms with Crippen molar-refractivity contribution < 1.29 is 14.4 Å². The summed E-state index contributed by atoms with van der Waals surface area (Å²) in [5.74, 6) is -1.42. The summed E-state index contributed by atoms with van der Waals surface area (Å²) >= 11 is 0. The Bertz CT molecular complexity index is 856. The minimum absolute atomic E-state index is 0.0704. The van der Waals surface area contributed by atoms with Crippen molar-refractivity contribution in [2.45, 2.75) is 26.7 Å². The molecule has 2 aromatic carbocycles. The smallest absolute Gasteiger partial charge is 0.314 e. The molecule has 1 fully saturated rings. The molecule has 0 saturated carbocycles. The molecule has 0 aliphatic carbocycles. The van der Waals surface area contributed by atoms with Crippen LogP contribution in [0.2, 0.25) is 0 Å². The van der Waals surface area contributed by atoms with Crippen LogP contribution < -0.4 is 15.5 Å². The molecule has 2 aromatic rings. The van der Waals surface area contributed by atoms with Crippen LogP contribution in [-0.4, -0.2) is 24.3 Å². The van der Waals surface area contributed by atoms with E-state index in [4.69, 9.17) is 0 Å². The standard InChI is InChI=1S/C20H21N3O3/c1-13-9-14(2)11-16(10-13)22-20(26)19(25)21-15-5-3-6-17(12-15)23-8-4-7-18(23)24/h3,5-6,9-12H,4,7-8H2,1-2H3,(H,21,25)(H,22,26). The minimum atomic E-state index is -0.756. The van der Waals surface area contributed by atoms with Gasteiger partial charge in [0.25, 0.3) is 0 Å². The fourth-order valence-electron chi connectivity index (χ4n) is 3.10. The van der Waals surface area contributed by atoms with E-state index >= 15 is 0 Å². The molecule has 6 nitrogen and oxygen atoms in total. The third-order valence-corrected chi connectivity index (χ3v) is 4.17. The van der Waals surface area contributed by atoms with Gasteiger partial charge in [0.05, 0.1) is 0 Å². The normalized spacial score (nSPS) is 13.6. The number of amides is 3. The Kier molecular flexibility index (Phi) is 5.02. The summed E-state index contributed by atoms with van der Waals surface area (Å²) in [5.41, 5.74) is 3.79. The zero-order chi connectivity index (χ0) is 18.7. The number of carbonyl (C=O) groups excluding carboxylic acids is 3. The first-order valence-corrected chi connectivity index (χ1v) is 8.53. The number of hydrogen-bond acceptors (Lipinski definition) is 3. The Hall–Kier alpha value is -3.15. The topological polar surface area (TPSA) is 78.5 Å². The Morgan fingerprint density at radius 2 is 1.58 bits per heavy atom. The zero-order valence-corrected chi connectivity index (χ0v) is 14.8. The maximum Gasteiger partial charge on any atom is 0.314 e. The van der Waals surface area contributed by atoms with Crippen LogP contribution in [0.5, 0.6) is 0 Å². The first-order valence-electron chi connectivity index (χ1n) is 8.53. The van der Waals surface area contributed by atoms with Gasteiger partial charge in [-0.2, -0.15) is 0 Å². The van der Waals surface area contributed by atoms with Gasteiger partial charge in [0, 0.05) is 30.0 Å². The molecule has 0 unspecified atom stereocenters. The Morgan fingerprint density at radius 3 is 2.19 bits per heavy atom. The van der Waals surface area contributed by atoms with Gasteiger partial charge in [-0.25, -0.2) is 0 Å². The molecule has 1 aliphatic heterocycles. The molecule has 3 rings (SSSR count). The van der Waals surface area contributed by atoms with Crippen LogP contribution in [0.25, 0.3) is 0 Å². The molecule has 26 heavy (non-hydrogen) atoms. The van der Waals surface area contributed by atoms with Crippen LogP contribution in [0, 0.1) is 13.8 Å². The molecule has 6 heteroatoms. The number of nitrogens with one attached hydrogen (secondary N) is 2. The highest BCUT2D eigenvalue weighted by molar-refractivity contribution is 6.43. The van der Waals surface area contributed by atoms with Crippen molar-refractivity contribution in [3.05, 3.63) is 53.6 Å². The van der Waals surface area contributed by atoms with E-state index in [2.05, 4.69) is 10.6 Å². The van der Waals surface area contributed by atoms with Crippen molar-refractivity contribution in [1.82, 2.24) is 0 Å². The molecule has 134 valence electrons. The third-order valence-electron chi connectivity index (χ3n) is 4.17. The molecular formula is C20H21N3O3. The summed E-state index contributed by atoms with van der Waals surface area (Å²) in [6.45, 7) is 4.52. The molecule has 2 N–H and O–H groups in total. The lowest BCUT2D eigenvalue weighted by Gasteiger charge is -2.16. The predicted octanol–water partition coefficient (Wildman–Crippen LogP) is 3.01. The van der Waals surface area contributed by atoms with Crippen LogP contribution in [0.1, 0.15) is 24.0 Å². The number of benzene rings is 2. The average molecular weight is 351 g/mol. The number of anilines is 3. The monoisotopic (exact) mass is 351 g/mol. The van der Waals surface area contributed by atoms with Crippen LogP contribution in [-0.2, 0) is 14.4 Å². The van der Waals surface area contributed by atoms with Gasteiger partial charge in [0.15, 0.2) is 0 Å². The summed E-state index contributed by atoms with van der Waals surface area (Å²) in [7, 11) is 0. The maximum absolute atomic E-state index is 12.2. The third kappa shape index (κ3) is 4.08. The highest BCUT2D eigenvalue weighted by atomic mass is 16.2. The van der Waals surface area contributed by atoms with E-state index in [0.29, 0.717) is 24.3 Å². The summed E-state index contributed by atoms with van der Waals surface area (Å²) in [6.07, 6.45) is 1.36.